The van der Waals surface area contributed by atoms with Gasteiger partial charge in [0.1, 0.15) is 18.0 Å². The number of halogens is 2. The summed E-state index contributed by atoms with van der Waals surface area (Å²) in [6, 6.07) is 6.03. The molecule has 5 heteroatoms. The molecule has 0 aliphatic heterocycles. The Morgan fingerprint density at radius 2 is 2.21 bits per heavy atom. The molecule has 0 bridgehead atoms. The third kappa shape index (κ3) is 3.63. The Morgan fingerprint density at radius 3 is 2.84 bits per heavy atom. The van der Waals surface area contributed by atoms with Crippen LogP contribution in [0.2, 0.25) is 5.02 Å². The summed E-state index contributed by atoms with van der Waals surface area (Å²) in [4.78, 5) is 0. The van der Waals surface area contributed by atoms with E-state index in [2.05, 4.69) is 28.2 Å². The van der Waals surface area contributed by atoms with Crippen LogP contribution in [0, 0.1) is 0 Å². The largest absolute Gasteiger partial charge is 0.486 e. The molecule has 3 unspecified atom stereocenters. The summed E-state index contributed by atoms with van der Waals surface area (Å²) >= 11 is 9.55. The van der Waals surface area contributed by atoms with Gasteiger partial charge in [0, 0.05) is 23.5 Å². The predicted molar refractivity (Wildman–Crippen MR) is 81.1 cm³/mol. The SMILES string of the molecule is CCNC1CC(Oc2ccc(Br)cc2Cl)C1OCC. The molecule has 1 N–H and O–H groups in total. The highest BCUT2D eigenvalue weighted by Gasteiger charge is 2.43. The third-order valence-corrected chi connectivity index (χ3v) is 4.04. The zero-order chi connectivity index (χ0) is 13.8. The molecular formula is C14H19BrClNO2. The van der Waals surface area contributed by atoms with Gasteiger partial charge in [-0.15, -0.1) is 0 Å². The molecule has 2 rings (SSSR count). The summed E-state index contributed by atoms with van der Waals surface area (Å²) in [7, 11) is 0. The van der Waals surface area contributed by atoms with E-state index in [-0.39, 0.29) is 12.2 Å². The van der Waals surface area contributed by atoms with E-state index in [0.717, 1.165) is 23.2 Å². The fourth-order valence-corrected chi connectivity index (χ4v) is 3.03. The number of benzene rings is 1. The van der Waals surface area contributed by atoms with Crippen molar-refractivity contribution in [1.29, 1.82) is 0 Å². The molecule has 3 atom stereocenters. The Hall–Kier alpha value is -0.290. The second kappa shape index (κ2) is 6.93. The van der Waals surface area contributed by atoms with E-state index in [0.29, 0.717) is 17.7 Å². The quantitative estimate of drug-likeness (QED) is 0.851. The van der Waals surface area contributed by atoms with E-state index >= 15 is 0 Å². The van der Waals surface area contributed by atoms with Crippen LogP contribution in [0.4, 0.5) is 0 Å². The maximum Gasteiger partial charge on any atom is 0.138 e. The van der Waals surface area contributed by atoms with Crippen LogP contribution >= 0.6 is 27.5 Å². The maximum absolute atomic E-state index is 6.17. The lowest BCUT2D eigenvalue weighted by Gasteiger charge is -2.44. The Kier molecular flexibility index (Phi) is 5.51. The average molecular weight is 349 g/mol. The Morgan fingerprint density at radius 1 is 1.42 bits per heavy atom. The van der Waals surface area contributed by atoms with Gasteiger partial charge in [-0.1, -0.05) is 34.5 Å². The van der Waals surface area contributed by atoms with E-state index in [1.54, 1.807) is 0 Å². The number of nitrogens with one attached hydrogen (secondary N) is 1. The minimum absolute atomic E-state index is 0.0719. The van der Waals surface area contributed by atoms with Crippen molar-refractivity contribution in [3.05, 3.63) is 27.7 Å². The molecule has 0 radical (unpaired) electrons. The lowest BCUT2D eigenvalue weighted by atomic mass is 9.85. The number of rotatable bonds is 6. The first-order valence-corrected chi connectivity index (χ1v) is 7.79. The van der Waals surface area contributed by atoms with Gasteiger partial charge in [0.25, 0.3) is 0 Å². The maximum atomic E-state index is 6.17. The standard InChI is InChI=1S/C14H19BrClNO2/c1-3-17-11-8-13(14(11)18-4-2)19-12-6-5-9(15)7-10(12)16/h5-7,11,13-14,17H,3-4,8H2,1-2H3. The second-order valence-corrected chi connectivity index (χ2v) is 5.87. The topological polar surface area (TPSA) is 30.5 Å². The molecule has 0 heterocycles. The highest BCUT2D eigenvalue weighted by molar-refractivity contribution is 9.10. The summed E-state index contributed by atoms with van der Waals surface area (Å²) in [5.74, 6) is 0.717. The first-order chi connectivity index (χ1) is 9.15. The first-order valence-electron chi connectivity index (χ1n) is 6.62. The van der Waals surface area contributed by atoms with Crippen LogP contribution in [0.1, 0.15) is 20.3 Å². The van der Waals surface area contributed by atoms with E-state index < -0.39 is 0 Å². The van der Waals surface area contributed by atoms with E-state index in [4.69, 9.17) is 21.1 Å². The molecule has 0 aromatic heterocycles. The zero-order valence-electron chi connectivity index (χ0n) is 11.2. The van der Waals surface area contributed by atoms with Gasteiger partial charge >= 0.3 is 0 Å². The molecule has 19 heavy (non-hydrogen) atoms. The van der Waals surface area contributed by atoms with Gasteiger partial charge in [0.15, 0.2) is 0 Å². The minimum atomic E-state index is 0.0719. The van der Waals surface area contributed by atoms with Crippen molar-refractivity contribution in [3.8, 4) is 5.75 Å². The van der Waals surface area contributed by atoms with E-state index in [9.17, 15) is 0 Å². The molecule has 1 fully saturated rings. The molecule has 0 saturated heterocycles. The van der Waals surface area contributed by atoms with Crippen molar-refractivity contribution < 1.29 is 9.47 Å². The van der Waals surface area contributed by atoms with Crippen molar-refractivity contribution in [2.24, 2.45) is 0 Å². The third-order valence-electron chi connectivity index (χ3n) is 3.25. The summed E-state index contributed by atoms with van der Waals surface area (Å²) in [6.07, 6.45) is 1.12. The van der Waals surface area contributed by atoms with Crippen LogP contribution in [0.3, 0.4) is 0 Å². The van der Waals surface area contributed by atoms with E-state index in [1.165, 1.54) is 0 Å². The molecule has 1 saturated carbocycles. The molecule has 0 spiro atoms. The summed E-state index contributed by atoms with van der Waals surface area (Å²) in [5.41, 5.74) is 0. The van der Waals surface area contributed by atoms with Crippen LogP contribution in [0.25, 0.3) is 0 Å². The minimum Gasteiger partial charge on any atom is -0.486 e. The van der Waals surface area contributed by atoms with Gasteiger partial charge in [0.2, 0.25) is 0 Å². The molecular weight excluding hydrogens is 330 g/mol. The van der Waals surface area contributed by atoms with Crippen LogP contribution in [-0.2, 0) is 4.74 Å². The monoisotopic (exact) mass is 347 g/mol. The smallest absolute Gasteiger partial charge is 0.138 e. The number of hydrogen-bond donors (Lipinski definition) is 1. The summed E-state index contributed by atoms with van der Waals surface area (Å²) in [5, 5.41) is 4.03. The highest BCUT2D eigenvalue weighted by Crippen LogP contribution is 2.34. The van der Waals surface area contributed by atoms with Crippen LogP contribution < -0.4 is 10.1 Å². The molecule has 3 nitrogen and oxygen atoms in total. The lowest BCUT2D eigenvalue weighted by molar-refractivity contribution is -0.104. The van der Waals surface area contributed by atoms with Crippen molar-refractivity contribution in [1.82, 2.24) is 5.32 Å². The van der Waals surface area contributed by atoms with Gasteiger partial charge < -0.3 is 14.8 Å². The molecule has 0 amide bonds. The zero-order valence-corrected chi connectivity index (χ0v) is 13.5. The van der Waals surface area contributed by atoms with Crippen molar-refractivity contribution in [2.45, 2.75) is 38.5 Å². The number of hydrogen-bond acceptors (Lipinski definition) is 3. The van der Waals surface area contributed by atoms with Crippen molar-refractivity contribution in [3.63, 3.8) is 0 Å². The lowest BCUT2D eigenvalue weighted by Crippen LogP contribution is -2.61. The molecule has 1 aliphatic carbocycles. The second-order valence-electron chi connectivity index (χ2n) is 4.55. The van der Waals surface area contributed by atoms with Gasteiger partial charge in [0.05, 0.1) is 5.02 Å². The Balaban J connectivity index is 1.98. The average Bonchev–Trinajstić information content (AvgIpc) is 2.37. The van der Waals surface area contributed by atoms with Gasteiger partial charge in [-0.05, 0) is 31.7 Å². The van der Waals surface area contributed by atoms with Crippen LogP contribution in [0.15, 0.2) is 22.7 Å². The number of ether oxygens (including phenoxy) is 2. The van der Waals surface area contributed by atoms with E-state index in [1.807, 2.05) is 25.1 Å². The predicted octanol–water partition coefficient (Wildman–Crippen LogP) is 3.64. The molecule has 1 aromatic rings. The summed E-state index contributed by atoms with van der Waals surface area (Å²) in [6.45, 7) is 5.74. The van der Waals surface area contributed by atoms with Gasteiger partial charge in [-0.2, -0.15) is 0 Å². The molecule has 1 aromatic carbocycles. The highest BCUT2D eigenvalue weighted by atomic mass is 79.9. The van der Waals surface area contributed by atoms with Crippen LogP contribution in [-0.4, -0.2) is 31.4 Å². The van der Waals surface area contributed by atoms with Gasteiger partial charge in [-0.3, -0.25) is 0 Å². The van der Waals surface area contributed by atoms with Crippen molar-refractivity contribution >= 4 is 27.5 Å². The number of likely N-dealkylation sites (N-methyl/N-ethyl adjacent to an activating group) is 1. The normalized spacial score (nSPS) is 26.0. The Bertz CT molecular complexity index is 430. The van der Waals surface area contributed by atoms with Gasteiger partial charge in [-0.25, -0.2) is 0 Å². The molecule has 106 valence electrons. The fraction of sp³-hybridized carbons (Fsp3) is 0.571. The Labute approximate surface area is 127 Å². The van der Waals surface area contributed by atoms with Crippen LogP contribution in [0.5, 0.6) is 5.75 Å². The fourth-order valence-electron chi connectivity index (χ4n) is 2.31. The van der Waals surface area contributed by atoms with Crippen molar-refractivity contribution in [2.75, 3.05) is 13.2 Å². The first kappa shape index (κ1) is 15.1. The summed E-state index contributed by atoms with van der Waals surface area (Å²) < 4.78 is 12.7. The molecule has 1 aliphatic rings.